The zero-order valence-corrected chi connectivity index (χ0v) is 4.68. The minimum Gasteiger partial charge on any atom is -0.325 e. The first-order valence-corrected chi connectivity index (χ1v) is 2.93. The summed E-state index contributed by atoms with van der Waals surface area (Å²) in [6.45, 7) is 0. The Kier molecular flexibility index (Phi) is 0.484. The molecule has 2 nitrogen and oxygen atoms in total. The first-order valence-electron chi connectivity index (χ1n) is 2.93. The number of nitrogens with two attached hydrogens (primary N) is 1. The highest BCUT2D eigenvalue weighted by Gasteiger charge is 2.65. The fraction of sp³-hybridized carbons (Fsp3) is 0.833. The Balaban J connectivity index is 2.13. The van der Waals surface area contributed by atoms with E-state index < -0.39 is 0 Å². The van der Waals surface area contributed by atoms with Gasteiger partial charge in [-0.15, -0.1) is 0 Å². The van der Waals surface area contributed by atoms with E-state index in [1.54, 1.807) is 0 Å². The lowest BCUT2D eigenvalue weighted by molar-refractivity contribution is -0.155. The van der Waals surface area contributed by atoms with Crippen molar-refractivity contribution >= 4 is 6.29 Å². The van der Waals surface area contributed by atoms with E-state index in [4.69, 9.17) is 5.73 Å². The van der Waals surface area contributed by atoms with Crippen molar-refractivity contribution in [3.63, 3.8) is 0 Å². The van der Waals surface area contributed by atoms with Crippen LogP contribution in [0.15, 0.2) is 0 Å². The van der Waals surface area contributed by atoms with Gasteiger partial charge in [-0.3, -0.25) is 0 Å². The molecule has 0 aromatic heterocycles. The van der Waals surface area contributed by atoms with E-state index in [1.165, 1.54) is 0 Å². The van der Waals surface area contributed by atoms with Crippen molar-refractivity contribution in [1.82, 2.24) is 0 Å². The predicted molar refractivity (Wildman–Crippen MR) is 29.3 cm³/mol. The lowest BCUT2D eigenvalue weighted by atomic mass is 9.40. The zero-order chi connectivity index (χ0) is 5.83. The third-order valence-corrected chi connectivity index (χ3v) is 2.36. The number of rotatable bonds is 1. The molecule has 0 atom stereocenters. The Morgan fingerprint density at radius 2 is 1.88 bits per heavy atom. The lowest BCUT2D eigenvalue weighted by Crippen LogP contribution is -2.72. The highest BCUT2D eigenvalue weighted by atomic mass is 16.1. The molecule has 0 aromatic carbocycles. The molecular weight excluding hydrogens is 102 g/mol. The molecule has 8 heavy (non-hydrogen) atoms. The molecule has 3 fully saturated rings. The van der Waals surface area contributed by atoms with Crippen molar-refractivity contribution in [2.24, 2.45) is 11.1 Å². The largest absolute Gasteiger partial charge is 0.325 e. The molecule has 0 unspecified atom stereocenters. The van der Waals surface area contributed by atoms with E-state index >= 15 is 0 Å². The second-order valence-corrected chi connectivity index (χ2v) is 3.37. The van der Waals surface area contributed by atoms with Gasteiger partial charge in [-0.05, 0) is 19.3 Å². The van der Waals surface area contributed by atoms with Gasteiger partial charge in [0.2, 0.25) is 0 Å². The second-order valence-electron chi connectivity index (χ2n) is 3.37. The summed E-state index contributed by atoms with van der Waals surface area (Å²) in [4.78, 5) is 10.2. The molecule has 0 radical (unpaired) electrons. The summed E-state index contributed by atoms with van der Waals surface area (Å²) in [5.74, 6) is 0. The van der Waals surface area contributed by atoms with E-state index in [2.05, 4.69) is 0 Å². The van der Waals surface area contributed by atoms with Crippen molar-refractivity contribution in [3.8, 4) is 0 Å². The highest BCUT2D eigenvalue weighted by Crippen LogP contribution is 2.64. The maximum Gasteiger partial charge on any atom is 0.126 e. The number of hydrogen-bond acceptors (Lipinski definition) is 2. The number of carbonyl (C=O) groups excluding carboxylic acids is 1. The smallest absolute Gasteiger partial charge is 0.126 e. The molecule has 2 heteroatoms. The fourth-order valence-corrected chi connectivity index (χ4v) is 2.07. The van der Waals surface area contributed by atoms with Crippen molar-refractivity contribution in [2.45, 2.75) is 24.8 Å². The van der Waals surface area contributed by atoms with Gasteiger partial charge in [-0.25, -0.2) is 0 Å². The van der Waals surface area contributed by atoms with Crippen LogP contribution in [0.2, 0.25) is 0 Å². The summed E-state index contributed by atoms with van der Waals surface area (Å²) in [7, 11) is 0. The minimum atomic E-state index is 0.0642. The SMILES string of the molecule is NC12CC(C=O)(C1)C2. The van der Waals surface area contributed by atoms with Gasteiger partial charge in [0.15, 0.2) is 0 Å². The Morgan fingerprint density at radius 1 is 1.38 bits per heavy atom. The molecule has 0 aliphatic heterocycles. The van der Waals surface area contributed by atoms with E-state index in [0.29, 0.717) is 0 Å². The molecule has 3 rings (SSSR count). The van der Waals surface area contributed by atoms with E-state index in [1.807, 2.05) is 0 Å². The van der Waals surface area contributed by atoms with Gasteiger partial charge < -0.3 is 10.5 Å². The van der Waals surface area contributed by atoms with Gasteiger partial charge in [0.1, 0.15) is 6.29 Å². The number of carbonyl (C=O) groups is 1. The summed E-state index contributed by atoms with van der Waals surface area (Å²) in [5.41, 5.74) is 5.85. The van der Waals surface area contributed by atoms with Gasteiger partial charge in [0, 0.05) is 11.0 Å². The number of hydrogen-bond donors (Lipinski definition) is 1. The number of aldehydes is 1. The Labute approximate surface area is 48.1 Å². The summed E-state index contributed by atoms with van der Waals surface area (Å²) in [5, 5.41) is 0. The standard InChI is InChI=1S/C6H9NO/c7-6-1-5(2-6,3-6)4-8/h4H,1-3,7H2. The lowest BCUT2D eigenvalue weighted by Gasteiger charge is -2.66. The van der Waals surface area contributed by atoms with Crippen LogP contribution in [0.5, 0.6) is 0 Å². The van der Waals surface area contributed by atoms with Crippen LogP contribution in [0, 0.1) is 5.41 Å². The molecule has 0 aromatic rings. The maximum atomic E-state index is 10.2. The van der Waals surface area contributed by atoms with E-state index in [0.717, 1.165) is 25.5 Å². The molecule has 2 bridgehead atoms. The van der Waals surface area contributed by atoms with Crippen molar-refractivity contribution in [3.05, 3.63) is 0 Å². The van der Waals surface area contributed by atoms with Crippen LogP contribution >= 0.6 is 0 Å². The van der Waals surface area contributed by atoms with Crippen LogP contribution in [0.25, 0.3) is 0 Å². The first kappa shape index (κ1) is 4.50. The molecule has 44 valence electrons. The van der Waals surface area contributed by atoms with E-state index in [-0.39, 0.29) is 11.0 Å². The third kappa shape index (κ3) is 0.284. The van der Waals surface area contributed by atoms with Crippen LogP contribution < -0.4 is 5.73 Å². The fourth-order valence-electron chi connectivity index (χ4n) is 2.07. The van der Waals surface area contributed by atoms with Gasteiger partial charge >= 0.3 is 0 Å². The molecule has 3 aliphatic rings. The minimum absolute atomic E-state index is 0.0642. The monoisotopic (exact) mass is 111 g/mol. The van der Waals surface area contributed by atoms with Crippen LogP contribution in [-0.4, -0.2) is 11.8 Å². The molecule has 0 heterocycles. The molecule has 2 N–H and O–H groups in total. The Morgan fingerprint density at radius 3 is 2.00 bits per heavy atom. The van der Waals surface area contributed by atoms with Gasteiger partial charge in [-0.1, -0.05) is 0 Å². The second kappa shape index (κ2) is 0.860. The average Bonchev–Trinajstić information content (AvgIpc) is 1.55. The van der Waals surface area contributed by atoms with Gasteiger partial charge in [-0.2, -0.15) is 0 Å². The quantitative estimate of drug-likeness (QED) is 0.486. The summed E-state index contributed by atoms with van der Waals surface area (Å²) in [6, 6.07) is 0. The van der Waals surface area contributed by atoms with Crippen molar-refractivity contribution < 1.29 is 4.79 Å². The van der Waals surface area contributed by atoms with Crippen LogP contribution in [0.1, 0.15) is 19.3 Å². The van der Waals surface area contributed by atoms with Gasteiger partial charge in [0.05, 0.1) is 0 Å². The molecule has 0 spiro atoms. The van der Waals surface area contributed by atoms with Crippen LogP contribution in [0.3, 0.4) is 0 Å². The maximum absolute atomic E-state index is 10.2. The Hall–Kier alpha value is -0.370. The zero-order valence-electron chi connectivity index (χ0n) is 4.68. The molecule has 3 aliphatic carbocycles. The van der Waals surface area contributed by atoms with Crippen LogP contribution in [-0.2, 0) is 4.79 Å². The first-order chi connectivity index (χ1) is 3.68. The molecule has 0 saturated heterocycles. The van der Waals surface area contributed by atoms with Crippen molar-refractivity contribution in [1.29, 1.82) is 0 Å². The Bertz CT molecular complexity index is 133. The topological polar surface area (TPSA) is 43.1 Å². The van der Waals surface area contributed by atoms with Crippen molar-refractivity contribution in [2.75, 3.05) is 0 Å². The van der Waals surface area contributed by atoms with E-state index in [9.17, 15) is 4.79 Å². The predicted octanol–water partition coefficient (Wildman–Crippen LogP) is 0.0667. The summed E-state index contributed by atoms with van der Waals surface area (Å²) >= 11 is 0. The highest BCUT2D eigenvalue weighted by molar-refractivity contribution is 5.67. The normalized spacial score (nSPS) is 58.6. The summed E-state index contributed by atoms with van der Waals surface area (Å²) in [6.07, 6.45) is 3.91. The van der Waals surface area contributed by atoms with Crippen LogP contribution in [0.4, 0.5) is 0 Å². The van der Waals surface area contributed by atoms with Gasteiger partial charge in [0.25, 0.3) is 0 Å². The summed E-state index contributed by atoms with van der Waals surface area (Å²) < 4.78 is 0. The molecule has 3 saturated carbocycles. The third-order valence-electron chi connectivity index (χ3n) is 2.36. The average molecular weight is 111 g/mol. The molecule has 0 amide bonds. The molecular formula is C6H9NO.